The van der Waals surface area contributed by atoms with Gasteiger partial charge in [0.25, 0.3) is 5.91 Å². The standard InChI is InChI=1S/C13H12BrClN2O/c1-8-10(15)4-3-5-11(8)16-13(18)12-6-9(14)7-17(12)2/h3-7H,1-2H3,(H,16,18). The fourth-order valence-corrected chi connectivity index (χ4v) is 2.38. The number of rotatable bonds is 2. The van der Waals surface area contributed by atoms with Gasteiger partial charge in [0.05, 0.1) is 0 Å². The van der Waals surface area contributed by atoms with Crippen LogP contribution in [0.2, 0.25) is 5.02 Å². The number of hydrogen-bond donors (Lipinski definition) is 1. The summed E-state index contributed by atoms with van der Waals surface area (Å²) in [7, 11) is 1.82. The Kier molecular flexibility index (Phi) is 3.78. The van der Waals surface area contributed by atoms with Gasteiger partial charge in [-0.3, -0.25) is 4.79 Å². The second kappa shape index (κ2) is 5.16. The molecule has 2 aromatic rings. The summed E-state index contributed by atoms with van der Waals surface area (Å²) in [4.78, 5) is 12.1. The third-order valence-electron chi connectivity index (χ3n) is 2.72. The first-order valence-electron chi connectivity index (χ1n) is 5.37. The highest BCUT2D eigenvalue weighted by atomic mass is 79.9. The lowest BCUT2D eigenvalue weighted by atomic mass is 10.2. The Bertz CT molecular complexity index is 607. The summed E-state index contributed by atoms with van der Waals surface area (Å²) >= 11 is 9.36. The molecule has 1 amide bonds. The Labute approximate surface area is 119 Å². The summed E-state index contributed by atoms with van der Waals surface area (Å²) in [6, 6.07) is 7.21. The van der Waals surface area contributed by atoms with Gasteiger partial charge in [-0.05, 0) is 46.6 Å². The van der Waals surface area contributed by atoms with Gasteiger partial charge in [-0.25, -0.2) is 0 Å². The molecule has 0 saturated heterocycles. The number of benzene rings is 1. The zero-order chi connectivity index (χ0) is 13.3. The van der Waals surface area contributed by atoms with Crippen molar-refractivity contribution in [3.63, 3.8) is 0 Å². The zero-order valence-corrected chi connectivity index (χ0v) is 12.3. The first-order chi connectivity index (χ1) is 8.49. The van der Waals surface area contributed by atoms with E-state index in [-0.39, 0.29) is 5.91 Å². The van der Waals surface area contributed by atoms with E-state index in [1.165, 1.54) is 0 Å². The third-order valence-corrected chi connectivity index (χ3v) is 3.56. The largest absolute Gasteiger partial charge is 0.345 e. The summed E-state index contributed by atoms with van der Waals surface area (Å²) in [6.07, 6.45) is 1.83. The van der Waals surface area contributed by atoms with Crippen LogP contribution in [0.4, 0.5) is 5.69 Å². The van der Waals surface area contributed by atoms with E-state index in [9.17, 15) is 4.79 Å². The van der Waals surface area contributed by atoms with Crippen LogP contribution in [-0.4, -0.2) is 10.5 Å². The molecule has 0 radical (unpaired) electrons. The molecule has 3 nitrogen and oxygen atoms in total. The van der Waals surface area contributed by atoms with Crippen molar-refractivity contribution >= 4 is 39.1 Å². The lowest BCUT2D eigenvalue weighted by molar-refractivity contribution is 0.101. The molecule has 18 heavy (non-hydrogen) atoms. The first-order valence-corrected chi connectivity index (χ1v) is 6.54. The van der Waals surface area contributed by atoms with Gasteiger partial charge in [-0.1, -0.05) is 17.7 Å². The molecule has 94 valence electrons. The SMILES string of the molecule is Cc1c(Cl)cccc1NC(=O)c1cc(Br)cn1C. The van der Waals surface area contributed by atoms with Gasteiger partial charge in [-0.15, -0.1) is 0 Å². The number of amides is 1. The van der Waals surface area contributed by atoms with Crippen LogP contribution in [-0.2, 0) is 7.05 Å². The highest BCUT2D eigenvalue weighted by Crippen LogP contribution is 2.24. The molecular weight excluding hydrogens is 316 g/mol. The van der Waals surface area contributed by atoms with Crippen LogP contribution in [0.1, 0.15) is 16.1 Å². The summed E-state index contributed by atoms with van der Waals surface area (Å²) < 4.78 is 2.64. The second-order valence-electron chi connectivity index (χ2n) is 4.02. The van der Waals surface area contributed by atoms with E-state index >= 15 is 0 Å². The molecule has 0 bridgehead atoms. The zero-order valence-electron chi connectivity index (χ0n) is 10.00. The predicted molar refractivity (Wildman–Crippen MR) is 77.3 cm³/mol. The maximum absolute atomic E-state index is 12.1. The van der Waals surface area contributed by atoms with Gasteiger partial charge in [0.15, 0.2) is 0 Å². The van der Waals surface area contributed by atoms with Crippen LogP contribution >= 0.6 is 27.5 Å². The minimum absolute atomic E-state index is 0.159. The van der Waals surface area contributed by atoms with Crippen molar-refractivity contribution in [2.24, 2.45) is 7.05 Å². The molecule has 1 aromatic carbocycles. The molecule has 1 aromatic heterocycles. The molecule has 1 heterocycles. The highest BCUT2D eigenvalue weighted by Gasteiger charge is 2.12. The number of carbonyl (C=O) groups is 1. The molecule has 0 aliphatic rings. The second-order valence-corrected chi connectivity index (χ2v) is 5.34. The average Bonchev–Trinajstić information content (AvgIpc) is 2.64. The molecule has 2 rings (SSSR count). The summed E-state index contributed by atoms with van der Waals surface area (Å²) in [5.74, 6) is -0.159. The maximum atomic E-state index is 12.1. The Balaban J connectivity index is 2.27. The lowest BCUT2D eigenvalue weighted by Gasteiger charge is -2.09. The van der Waals surface area contributed by atoms with Crippen LogP contribution in [0.25, 0.3) is 0 Å². The van der Waals surface area contributed by atoms with Crippen molar-refractivity contribution in [3.8, 4) is 0 Å². The molecule has 0 saturated carbocycles. The summed E-state index contributed by atoms with van der Waals surface area (Å²) in [6.45, 7) is 1.87. The van der Waals surface area contributed by atoms with Crippen molar-refractivity contribution < 1.29 is 4.79 Å². The van der Waals surface area contributed by atoms with Gasteiger partial charge in [-0.2, -0.15) is 0 Å². The molecule has 0 fully saturated rings. The van der Waals surface area contributed by atoms with Crippen LogP contribution in [0.15, 0.2) is 34.9 Å². The molecule has 0 aliphatic carbocycles. The molecule has 1 N–H and O–H groups in total. The van der Waals surface area contributed by atoms with Crippen LogP contribution in [0.3, 0.4) is 0 Å². The van der Waals surface area contributed by atoms with Gasteiger partial charge in [0.2, 0.25) is 0 Å². The number of aromatic nitrogens is 1. The molecule has 0 atom stereocenters. The van der Waals surface area contributed by atoms with Crippen LogP contribution in [0, 0.1) is 6.92 Å². The van der Waals surface area contributed by atoms with Gasteiger partial charge >= 0.3 is 0 Å². The number of nitrogens with zero attached hydrogens (tertiary/aromatic N) is 1. The summed E-state index contributed by atoms with van der Waals surface area (Å²) in [5.41, 5.74) is 2.17. The van der Waals surface area contributed by atoms with E-state index < -0.39 is 0 Å². The Morgan fingerprint density at radius 2 is 2.17 bits per heavy atom. The number of nitrogens with one attached hydrogen (secondary N) is 1. The number of hydrogen-bond acceptors (Lipinski definition) is 1. The van der Waals surface area contributed by atoms with Crippen molar-refractivity contribution in [1.29, 1.82) is 0 Å². The minimum Gasteiger partial charge on any atom is -0.345 e. The fourth-order valence-electron chi connectivity index (χ4n) is 1.68. The lowest BCUT2D eigenvalue weighted by Crippen LogP contribution is -2.16. The molecule has 0 aliphatic heterocycles. The van der Waals surface area contributed by atoms with Crippen molar-refractivity contribution in [3.05, 3.63) is 51.2 Å². The molecule has 0 spiro atoms. The monoisotopic (exact) mass is 326 g/mol. The highest BCUT2D eigenvalue weighted by molar-refractivity contribution is 9.10. The maximum Gasteiger partial charge on any atom is 0.272 e. The Hall–Kier alpha value is -1.26. The summed E-state index contributed by atoms with van der Waals surface area (Å²) in [5, 5.41) is 3.50. The van der Waals surface area contributed by atoms with E-state index in [2.05, 4.69) is 21.2 Å². The van der Waals surface area contributed by atoms with Gasteiger partial charge in [0.1, 0.15) is 5.69 Å². The normalized spacial score (nSPS) is 10.4. The average molecular weight is 328 g/mol. The van der Waals surface area contributed by atoms with Crippen LogP contribution in [0.5, 0.6) is 0 Å². The first kappa shape index (κ1) is 13.2. The number of carbonyl (C=O) groups excluding carboxylic acids is 1. The van der Waals surface area contributed by atoms with Crippen molar-refractivity contribution in [2.45, 2.75) is 6.92 Å². The van der Waals surface area contributed by atoms with Gasteiger partial charge in [0, 0.05) is 28.4 Å². The Morgan fingerprint density at radius 1 is 1.44 bits per heavy atom. The predicted octanol–water partition coefficient (Wildman–Crippen LogP) is 4.00. The quantitative estimate of drug-likeness (QED) is 0.888. The number of aryl methyl sites for hydroxylation is 1. The van der Waals surface area contributed by atoms with E-state index in [4.69, 9.17) is 11.6 Å². The van der Waals surface area contributed by atoms with E-state index in [0.29, 0.717) is 10.7 Å². The Morgan fingerprint density at radius 3 is 2.78 bits per heavy atom. The van der Waals surface area contributed by atoms with E-state index in [1.54, 1.807) is 16.7 Å². The molecule has 5 heteroatoms. The third kappa shape index (κ3) is 2.60. The molecule has 0 unspecified atom stereocenters. The topological polar surface area (TPSA) is 34.0 Å². The minimum atomic E-state index is -0.159. The van der Waals surface area contributed by atoms with E-state index in [1.807, 2.05) is 32.3 Å². The van der Waals surface area contributed by atoms with Gasteiger partial charge < -0.3 is 9.88 Å². The smallest absolute Gasteiger partial charge is 0.272 e. The fraction of sp³-hybridized carbons (Fsp3) is 0.154. The number of halogens is 2. The van der Waals surface area contributed by atoms with Crippen molar-refractivity contribution in [1.82, 2.24) is 4.57 Å². The van der Waals surface area contributed by atoms with Crippen molar-refractivity contribution in [2.75, 3.05) is 5.32 Å². The molecular formula is C13H12BrClN2O. The number of anilines is 1. The van der Waals surface area contributed by atoms with Crippen LogP contribution < -0.4 is 5.32 Å². The van der Waals surface area contributed by atoms with E-state index in [0.717, 1.165) is 15.7 Å².